The van der Waals surface area contributed by atoms with Gasteiger partial charge < -0.3 is 19.7 Å². The molecular formula is C25H50O4. The number of hydrogen-bond donors (Lipinski definition) is 2. The molecule has 0 spiro atoms. The molecule has 0 fully saturated rings. The number of hydrogen-bond acceptors (Lipinski definition) is 4. The number of aliphatic hydroxyl groups excluding tert-OH is 2. The summed E-state index contributed by atoms with van der Waals surface area (Å²) in [6.07, 6.45) is 23.3. The van der Waals surface area contributed by atoms with Gasteiger partial charge in [-0.05, 0) is 52.4 Å². The third-order valence-electron chi connectivity index (χ3n) is 4.42. The Labute approximate surface area is 181 Å². The van der Waals surface area contributed by atoms with Gasteiger partial charge in [-0.1, -0.05) is 69.8 Å². The van der Waals surface area contributed by atoms with E-state index < -0.39 is 6.10 Å². The molecule has 0 saturated carbocycles. The summed E-state index contributed by atoms with van der Waals surface area (Å²) in [5.74, 6) is 0. The number of unbranched alkanes of at least 4 members (excludes halogenated alkanes) is 9. The molecule has 4 nitrogen and oxygen atoms in total. The molecule has 0 aliphatic heterocycles. The van der Waals surface area contributed by atoms with E-state index >= 15 is 0 Å². The molecule has 2 N–H and O–H groups in total. The fraction of sp³-hybridized carbons (Fsp3) is 0.840. The van der Waals surface area contributed by atoms with Crippen molar-refractivity contribution in [2.45, 2.75) is 104 Å². The summed E-state index contributed by atoms with van der Waals surface area (Å²) in [6.45, 7) is 8.63. The highest BCUT2D eigenvalue weighted by molar-refractivity contribution is 4.92. The van der Waals surface area contributed by atoms with Crippen LogP contribution in [0.25, 0.3) is 0 Å². The average molecular weight is 415 g/mol. The summed E-state index contributed by atoms with van der Waals surface area (Å²) >= 11 is 0. The van der Waals surface area contributed by atoms with Gasteiger partial charge in [0.25, 0.3) is 0 Å². The van der Waals surface area contributed by atoms with Crippen LogP contribution in [0.3, 0.4) is 0 Å². The first kappa shape index (κ1) is 30.5. The molecule has 4 heteroatoms. The third kappa shape index (κ3) is 32.2. The lowest BCUT2D eigenvalue weighted by Gasteiger charge is -2.07. The summed E-state index contributed by atoms with van der Waals surface area (Å²) < 4.78 is 10.1. The maximum atomic E-state index is 9.11. The van der Waals surface area contributed by atoms with Crippen LogP contribution < -0.4 is 0 Å². The largest absolute Gasteiger partial charge is 0.394 e. The predicted octanol–water partition coefficient (Wildman–Crippen LogP) is 6.21. The second kappa shape index (κ2) is 29.5. The Morgan fingerprint density at radius 2 is 1.24 bits per heavy atom. The Hall–Kier alpha value is -0.680. The summed E-state index contributed by atoms with van der Waals surface area (Å²) in [6, 6.07) is 0. The van der Waals surface area contributed by atoms with Crippen molar-refractivity contribution in [3.8, 4) is 0 Å². The van der Waals surface area contributed by atoms with E-state index in [4.69, 9.17) is 19.7 Å². The van der Waals surface area contributed by atoms with E-state index in [2.05, 4.69) is 31.2 Å². The lowest BCUT2D eigenvalue weighted by Crippen LogP contribution is -2.19. The number of allylic oxidation sites excluding steroid dienone is 4. The van der Waals surface area contributed by atoms with Crippen molar-refractivity contribution in [2.24, 2.45) is 0 Å². The molecule has 0 aromatic carbocycles. The van der Waals surface area contributed by atoms with Crippen molar-refractivity contribution in [1.82, 2.24) is 0 Å². The fourth-order valence-corrected chi connectivity index (χ4v) is 2.67. The first-order valence-electron chi connectivity index (χ1n) is 12.0. The van der Waals surface area contributed by atoms with E-state index in [-0.39, 0.29) is 13.2 Å². The van der Waals surface area contributed by atoms with Crippen molar-refractivity contribution in [3.63, 3.8) is 0 Å². The molecule has 0 amide bonds. The van der Waals surface area contributed by atoms with Gasteiger partial charge in [0.2, 0.25) is 0 Å². The van der Waals surface area contributed by atoms with Crippen molar-refractivity contribution in [2.75, 3.05) is 33.0 Å². The van der Waals surface area contributed by atoms with E-state index in [1.165, 1.54) is 64.2 Å². The van der Waals surface area contributed by atoms with E-state index in [1.54, 1.807) is 0 Å². The van der Waals surface area contributed by atoms with Crippen molar-refractivity contribution >= 4 is 0 Å². The summed E-state index contributed by atoms with van der Waals surface area (Å²) in [5.41, 5.74) is 0. The Kier molecular flexibility index (Phi) is 31.1. The Bertz CT molecular complexity index is 327. The lowest BCUT2D eigenvalue weighted by atomic mass is 10.1. The van der Waals surface area contributed by atoms with Gasteiger partial charge in [0, 0.05) is 19.8 Å². The van der Waals surface area contributed by atoms with Crippen LogP contribution >= 0.6 is 0 Å². The van der Waals surface area contributed by atoms with E-state index in [0.717, 1.165) is 26.1 Å². The molecular weight excluding hydrogens is 364 g/mol. The van der Waals surface area contributed by atoms with Crippen LogP contribution in [0, 0.1) is 0 Å². The number of rotatable bonds is 20. The molecule has 0 bridgehead atoms. The fourth-order valence-electron chi connectivity index (χ4n) is 2.67. The van der Waals surface area contributed by atoms with E-state index in [0.29, 0.717) is 6.61 Å². The van der Waals surface area contributed by atoms with Gasteiger partial charge >= 0.3 is 0 Å². The summed E-state index contributed by atoms with van der Waals surface area (Å²) in [7, 11) is 0. The van der Waals surface area contributed by atoms with Crippen LogP contribution in [-0.2, 0) is 9.47 Å². The van der Waals surface area contributed by atoms with Crippen LogP contribution in [0.15, 0.2) is 24.3 Å². The van der Waals surface area contributed by atoms with Crippen molar-refractivity contribution in [1.29, 1.82) is 0 Å². The highest BCUT2D eigenvalue weighted by atomic mass is 16.5. The molecule has 0 aliphatic rings. The van der Waals surface area contributed by atoms with Crippen LogP contribution in [0.5, 0.6) is 0 Å². The highest BCUT2D eigenvalue weighted by Crippen LogP contribution is 2.08. The molecule has 1 unspecified atom stereocenters. The minimum absolute atomic E-state index is 0.219. The van der Waals surface area contributed by atoms with Gasteiger partial charge in [-0.25, -0.2) is 0 Å². The van der Waals surface area contributed by atoms with E-state index in [9.17, 15) is 0 Å². The third-order valence-corrected chi connectivity index (χ3v) is 4.42. The van der Waals surface area contributed by atoms with Gasteiger partial charge in [0.1, 0.15) is 6.10 Å². The second-order valence-corrected chi connectivity index (χ2v) is 7.28. The van der Waals surface area contributed by atoms with Gasteiger partial charge in [-0.2, -0.15) is 0 Å². The van der Waals surface area contributed by atoms with Crippen LogP contribution in [0.4, 0.5) is 0 Å². The highest BCUT2D eigenvalue weighted by Gasteiger charge is 2.00. The maximum absolute atomic E-state index is 9.11. The zero-order valence-electron chi connectivity index (χ0n) is 19.6. The van der Waals surface area contributed by atoms with Gasteiger partial charge in [0.05, 0.1) is 13.2 Å². The molecule has 0 rings (SSSR count). The molecule has 0 radical (unpaired) electrons. The second-order valence-electron chi connectivity index (χ2n) is 7.28. The van der Waals surface area contributed by atoms with Gasteiger partial charge in [0.15, 0.2) is 0 Å². The smallest absolute Gasteiger partial charge is 0.100 e. The standard InChI is InChI=1S/C21H40O3.C4H10O/c1-2-3-4-5-6-7-8-9-10-11-12-13-14-15-16-17-18-24-20-21(23)19-22;1-3-5-4-2/h6-7,9-10,21-23H,2-5,8,11-20H2,1H3;3-4H2,1-2H3/b7-6-,10-9-;. The van der Waals surface area contributed by atoms with E-state index in [1.807, 2.05) is 13.8 Å². The number of aliphatic hydroxyl groups is 2. The summed E-state index contributed by atoms with van der Waals surface area (Å²) in [5, 5.41) is 17.7. The molecule has 0 aromatic heterocycles. The number of ether oxygens (including phenoxy) is 2. The van der Waals surface area contributed by atoms with Crippen LogP contribution in [0.2, 0.25) is 0 Å². The zero-order valence-corrected chi connectivity index (χ0v) is 19.6. The summed E-state index contributed by atoms with van der Waals surface area (Å²) in [4.78, 5) is 0. The van der Waals surface area contributed by atoms with Gasteiger partial charge in [-0.3, -0.25) is 0 Å². The minimum atomic E-state index is -0.727. The lowest BCUT2D eigenvalue weighted by molar-refractivity contribution is 0.00526. The monoisotopic (exact) mass is 414 g/mol. The molecule has 29 heavy (non-hydrogen) atoms. The SMILES string of the molecule is CCCCC/C=C\C/C=C\CCCCCCCCOCC(O)CO.CCOCC. The predicted molar refractivity (Wildman–Crippen MR) is 125 cm³/mol. The topological polar surface area (TPSA) is 58.9 Å². The minimum Gasteiger partial charge on any atom is -0.394 e. The average Bonchev–Trinajstić information content (AvgIpc) is 2.73. The zero-order chi connectivity index (χ0) is 21.8. The maximum Gasteiger partial charge on any atom is 0.100 e. The molecule has 0 aromatic rings. The molecule has 0 saturated heterocycles. The van der Waals surface area contributed by atoms with Gasteiger partial charge in [-0.15, -0.1) is 0 Å². The van der Waals surface area contributed by atoms with Crippen LogP contribution in [-0.4, -0.2) is 49.4 Å². The molecule has 174 valence electrons. The molecule has 0 aliphatic carbocycles. The molecule has 0 heterocycles. The van der Waals surface area contributed by atoms with Crippen LogP contribution in [0.1, 0.15) is 97.8 Å². The quantitative estimate of drug-likeness (QED) is 0.184. The normalized spacial score (nSPS) is 12.4. The van der Waals surface area contributed by atoms with Crippen molar-refractivity contribution < 1.29 is 19.7 Å². The molecule has 1 atom stereocenters. The Morgan fingerprint density at radius 1 is 0.690 bits per heavy atom. The Morgan fingerprint density at radius 3 is 1.76 bits per heavy atom. The van der Waals surface area contributed by atoms with Crippen molar-refractivity contribution in [3.05, 3.63) is 24.3 Å². The first-order valence-corrected chi connectivity index (χ1v) is 12.0. The Balaban J connectivity index is 0. The first-order chi connectivity index (χ1) is 14.2.